The molecule has 100 valence electrons. The van der Waals surface area contributed by atoms with Crippen LogP contribution in [0.3, 0.4) is 0 Å². The van der Waals surface area contributed by atoms with Crippen LogP contribution in [-0.2, 0) is 6.54 Å². The molecule has 0 atom stereocenters. The second kappa shape index (κ2) is 6.55. The standard InChI is InChI=1S/C15H17ClN2O/c1-11(2)18-9-12-6-7-17-10-15(12)19-14-5-3-4-13(16)8-14/h3-8,10-11,18H,9H2,1-2H3. The highest BCUT2D eigenvalue weighted by atomic mass is 35.5. The van der Waals surface area contributed by atoms with Crippen LogP contribution in [-0.4, -0.2) is 11.0 Å². The lowest BCUT2D eigenvalue weighted by Gasteiger charge is -2.13. The molecule has 19 heavy (non-hydrogen) atoms. The number of rotatable bonds is 5. The van der Waals surface area contributed by atoms with Crippen molar-refractivity contribution >= 4 is 11.6 Å². The van der Waals surface area contributed by atoms with Crippen LogP contribution in [0.15, 0.2) is 42.7 Å². The normalized spacial score (nSPS) is 10.7. The van der Waals surface area contributed by atoms with Gasteiger partial charge in [-0.15, -0.1) is 0 Å². The predicted octanol–water partition coefficient (Wildman–Crippen LogP) is 4.03. The van der Waals surface area contributed by atoms with Crippen molar-refractivity contribution in [2.24, 2.45) is 0 Å². The maximum atomic E-state index is 5.95. The molecule has 0 radical (unpaired) electrons. The summed E-state index contributed by atoms with van der Waals surface area (Å²) in [6.45, 7) is 4.97. The molecule has 0 spiro atoms. The topological polar surface area (TPSA) is 34.2 Å². The number of nitrogens with zero attached hydrogens (tertiary/aromatic N) is 1. The maximum Gasteiger partial charge on any atom is 0.150 e. The van der Waals surface area contributed by atoms with Crippen molar-refractivity contribution in [3.8, 4) is 11.5 Å². The van der Waals surface area contributed by atoms with Gasteiger partial charge in [0.05, 0.1) is 6.20 Å². The molecule has 0 aliphatic rings. The molecule has 1 aromatic carbocycles. The van der Waals surface area contributed by atoms with Gasteiger partial charge in [0.2, 0.25) is 0 Å². The van der Waals surface area contributed by atoms with Gasteiger partial charge in [-0.3, -0.25) is 4.98 Å². The first kappa shape index (κ1) is 13.8. The summed E-state index contributed by atoms with van der Waals surface area (Å²) in [5.74, 6) is 1.46. The largest absolute Gasteiger partial charge is 0.455 e. The predicted molar refractivity (Wildman–Crippen MR) is 77.7 cm³/mol. The number of hydrogen-bond acceptors (Lipinski definition) is 3. The van der Waals surface area contributed by atoms with Gasteiger partial charge >= 0.3 is 0 Å². The van der Waals surface area contributed by atoms with Gasteiger partial charge in [-0.1, -0.05) is 31.5 Å². The molecule has 1 heterocycles. The summed E-state index contributed by atoms with van der Waals surface area (Å²) in [7, 11) is 0. The molecule has 0 amide bonds. The van der Waals surface area contributed by atoms with Crippen molar-refractivity contribution in [3.63, 3.8) is 0 Å². The molecule has 0 fully saturated rings. The molecule has 0 aliphatic carbocycles. The highest BCUT2D eigenvalue weighted by molar-refractivity contribution is 6.30. The fourth-order valence-electron chi connectivity index (χ4n) is 1.62. The van der Waals surface area contributed by atoms with Crippen LogP contribution < -0.4 is 10.1 Å². The SMILES string of the molecule is CC(C)NCc1ccncc1Oc1cccc(Cl)c1. The number of nitrogens with one attached hydrogen (secondary N) is 1. The van der Waals surface area contributed by atoms with Gasteiger partial charge in [0.15, 0.2) is 0 Å². The second-order valence-electron chi connectivity index (χ2n) is 4.58. The Labute approximate surface area is 118 Å². The average molecular weight is 277 g/mol. The second-order valence-corrected chi connectivity index (χ2v) is 5.01. The molecular formula is C15H17ClN2O. The number of aromatic nitrogens is 1. The minimum absolute atomic E-state index is 0.423. The van der Waals surface area contributed by atoms with E-state index >= 15 is 0 Å². The van der Waals surface area contributed by atoms with E-state index in [1.807, 2.05) is 24.3 Å². The summed E-state index contributed by atoms with van der Waals surface area (Å²) < 4.78 is 5.84. The molecule has 0 bridgehead atoms. The first-order chi connectivity index (χ1) is 9.15. The van der Waals surface area contributed by atoms with Gasteiger partial charge in [-0.2, -0.15) is 0 Å². The van der Waals surface area contributed by atoms with Crippen molar-refractivity contribution in [2.75, 3.05) is 0 Å². The lowest BCUT2D eigenvalue weighted by molar-refractivity contribution is 0.467. The first-order valence-electron chi connectivity index (χ1n) is 6.25. The summed E-state index contributed by atoms with van der Waals surface area (Å²) in [4.78, 5) is 4.11. The van der Waals surface area contributed by atoms with Gasteiger partial charge in [0.1, 0.15) is 11.5 Å². The number of ether oxygens (including phenoxy) is 1. The number of hydrogen-bond donors (Lipinski definition) is 1. The summed E-state index contributed by atoms with van der Waals surface area (Å²) in [6, 6.07) is 9.72. The Bertz CT molecular complexity index is 543. The van der Waals surface area contributed by atoms with Crippen molar-refractivity contribution in [3.05, 3.63) is 53.3 Å². The van der Waals surface area contributed by atoms with Gasteiger partial charge in [-0.25, -0.2) is 0 Å². The van der Waals surface area contributed by atoms with Gasteiger partial charge in [0, 0.05) is 29.4 Å². The summed E-state index contributed by atoms with van der Waals surface area (Å²) in [5, 5.41) is 4.02. The zero-order valence-corrected chi connectivity index (χ0v) is 11.8. The number of halogens is 1. The Morgan fingerprint density at radius 2 is 2.16 bits per heavy atom. The van der Waals surface area contributed by atoms with Crippen LogP contribution in [0, 0.1) is 0 Å². The molecule has 2 rings (SSSR count). The Morgan fingerprint density at radius 3 is 2.89 bits per heavy atom. The van der Waals surface area contributed by atoms with Crippen LogP contribution in [0.25, 0.3) is 0 Å². The Kier molecular flexibility index (Phi) is 4.77. The maximum absolute atomic E-state index is 5.95. The summed E-state index contributed by atoms with van der Waals surface area (Å²) >= 11 is 5.95. The number of benzene rings is 1. The van der Waals surface area contributed by atoms with E-state index in [1.54, 1.807) is 18.5 Å². The average Bonchev–Trinajstić information content (AvgIpc) is 2.38. The van der Waals surface area contributed by atoms with E-state index in [0.29, 0.717) is 16.8 Å². The van der Waals surface area contributed by atoms with Crippen LogP contribution >= 0.6 is 11.6 Å². The van der Waals surface area contributed by atoms with E-state index < -0.39 is 0 Å². The van der Waals surface area contributed by atoms with Gasteiger partial charge < -0.3 is 10.1 Å². The molecule has 3 nitrogen and oxygen atoms in total. The molecule has 1 N–H and O–H groups in total. The van der Waals surface area contributed by atoms with Crippen LogP contribution in [0.4, 0.5) is 0 Å². The first-order valence-corrected chi connectivity index (χ1v) is 6.62. The fraction of sp³-hybridized carbons (Fsp3) is 0.267. The molecule has 0 aliphatic heterocycles. The van der Waals surface area contributed by atoms with Crippen molar-refractivity contribution in [1.82, 2.24) is 10.3 Å². The van der Waals surface area contributed by atoms with Crippen molar-refractivity contribution in [1.29, 1.82) is 0 Å². The highest BCUT2D eigenvalue weighted by Gasteiger charge is 2.06. The molecule has 1 aromatic heterocycles. The van der Waals surface area contributed by atoms with Crippen molar-refractivity contribution in [2.45, 2.75) is 26.4 Å². The lowest BCUT2D eigenvalue weighted by Crippen LogP contribution is -2.22. The Hall–Kier alpha value is -1.58. The van der Waals surface area contributed by atoms with E-state index in [-0.39, 0.29) is 0 Å². The van der Waals surface area contributed by atoms with Gasteiger partial charge in [0.25, 0.3) is 0 Å². The summed E-state index contributed by atoms with van der Waals surface area (Å²) in [5.41, 5.74) is 1.07. The third-order valence-corrected chi connectivity index (χ3v) is 2.83. The smallest absolute Gasteiger partial charge is 0.150 e. The van der Waals surface area contributed by atoms with E-state index in [9.17, 15) is 0 Å². The molecule has 0 saturated heterocycles. The molecular weight excluding hydrogens is 260 g/mol. The van der Waals surface area contributed by atoms with E-state index in [1.165, 1.54) is 0 Å². The zero-order chi connectivity index (χ0) is 13.7. The van der Waals surface area contributed by atoms with Crippen LogP contribution in [0.5, 0.6) is 11.5 Å². The molecule has 0 unspecified atom stereocenters. The third-order valence-electron chi connectivity index (χ3n) is 2.59. The van der Waals surface area contributed by atoms with E-state index in [0.717, 1.165) is 17.9 Å². The van der Waals surface area contributed by atoms with Crippen LogP contribution in [0.2, 0.25) is 5.02 Å². The molecule has 2 aromatic rings. The minimum Gasteiger partial charge on any atom is -0.455 e. The minimum atomic E-state index is 0.423. The third kappa shape index (κ3) is 4.23. The lowest BCUT2D eigenvalue weighted by atomic mass is 10.2. The summed E-state index contributed by atoms with van der Waals surface area (Å²) in [6.07, 6.45) is 3.49. The van der Waals surface area contributed by atoms with Crippen LogP contribution in [0.1, 0.15) is 19.4 Å². The van der Waals surface area contributed by atoms with Crippen molar-refractivity contribution < 1.29 is 4.74 Å². The highest BCUT2D eigenvalue weighted by Crippen LogP contribution is 2.26. The monoisotopic (exact) mass is 276 g/mol. The quantitative estimate of drug-likeness (QED) is 0.895. The van der Waals surface area contributed by atoms with E-state index in [2.05, 4.69) is 24.1 Å². The number of pyridine rings is 1. The Morgan fingerprint density at radius 1 is 1.32 bits per heavy atom. The Balaban J connectivity index is 2.15. The fourth-order valence-corrected chi connectivity index (χ4v) is 1.80. The van der Waals surface area contributed by atoms with Gasteiger partial charge in [-0.05, 0) is 24.3 Å². The zero-order valence-electron chi connectivity index (χ0n) is 11.1. The molecule has 0 saturated carbocycles. The van der Waals surface area contributed by atoms with E-state index in [4.69, 9.17) is 16.3 Å². The molecule has 4 heteroatoms.